The number of fused-ring (bicyclic) bond motifs is 1. The molecule has 2 aromatic carbocycles. The standard InChI is InChI=1S/C19H15BrN4O2/c20-15-4-3-12-6-14(2-1-13(12)7-15)16-9-22-18(23-16)17-5-11(8-21)10-24(17)19(25)26/h1-4,6-7,9,11,17H,5,10H2,(H,22,23)(H,25,26). The molecule has 0 radical (unpaired) electrons. The molecule has 3 aromatic rings. The summed E-state index contributed by atoms with van der Waals surface area (Å²) in [4.78, 5) is 20.4. The van der Waals surface area contributed by atoms with E-state index in [0.717, 1.165) is 26.5 Å². The molecule has 0 spiro atoms. The zero-order chi connectivity index (χ0) is 18.3. The predicted octanol–water partition coefficient (Wildman–Crippen LogP) is 4.56. The highest BCUT2D eigenvalue weighted by Gasteiger charge is 2.38. The van der Waals surface area contributed by atoms with E-state index in [0.29, 0.717) is 12.2 Å². The fraction of sp³-hybridized carbons (Fsp3) is 0.211. The van der Waals surface area contributed by atoms with Gasteiger partial charge in [0.2, 0.25) is 0 Å². The fourth-order valence-electron chi connectivity index (χ4n) is 3.44. The molecule has 4 rings (SSSR count). The number of nitrogens with zero attached hydrogens (tertiary/aromatic N) is 3. The summed E-state index contributed by atoms with van der Waals surface area (Å²) in [6.45, 7) is 0.220. The van der Waals surface area contributed by atoms with Gasteiger partial charge in [0.15, 0.2) is 0 Å². The lowest BCUT2D eigenvalue weighted by Crippen LogP contribution is -2.29. The van der Waals surface area contributed by atoms with Gasteiger partial charge in [0, 0.05) is 16.6 Å². The minimum atomic E-state index is -1.03. The zero-order valence-corrected chi connectivity index (χ0v) is 15.3. The number of carbonyl (C=O) groups is 1. The van der Waals surface area contributed by atoms with Crippen molar-refractivity contribution in [3.8, 4) is 17.3 Å². The van der Waals surface area contributed by atoms with Gasteiger partial charge in [-0.05, 0) is 35.4 Å². The highest BCUT2D eigenvalue weighted by Crippen LogP contribution is 2.35. The van der Waals surface area contributed by atoms with Crippen molar-refractivity contribution < 1.29 is 9.90 Å². The summed E-state index contributed by atoms with van der Waals surface area (Å²) in [5, 5.41) is 20.8. The molecule has 2 N–H and O–H groups in total. The minimum absolute atomic E-state index is 0.220. The van der Waals surface area contributed by atoms with Gasteiger partial charge < -0.3 is 10.1 Å². The summed E-state index contributed by atoms with van der Waals surface area (Å²) >= 11 is 3.47. The Morgan fingerprint density at radius 3 is 2.85 bits per heavy atom. The molecular formula is C19H15BrN4O2. The molecule has 1 aromatic heterocycles. The maximum atomic E-state index is 11.5. The van der Waals surface area contributed by atoms with Gasteiger partial charge in [-0.15, -0.1) is 0 Å². The van der Waals surface area contributed by atoms with Gasteiger partial charge in [0.05, 0.1) is 29.9 Å². The molecule has 0 aliphatic carbocycles. The van der Waals surface area contributed by atoms with Crippen LogP contribution in [0, 0.1) is 17.2 Å². The van der Waals surface area contributed by atoms with Gasteiger partial charge in [0.1, 0.15) is 5.82 Å². The van der Waals surface area contributed by atoms with Crippen LogP contribution in [-0.4, -0.2) is 32.6 Å². The number of amides is 1. The first-order valence-electron chi connectivity index (χ1n) is 8.19. The molecule has 1 amide bonds. The number of carboxylic acid groups (broad SMARTS) is 1. The zero-order valence-electron chi connectivity index (χ0n) is 13.7. The molecule has 1 fully saturated rings. The van der Waals surface area contributed by atoms with E-state index in [4.69, 9.17) is 5.26 Å². The number of rotatable bonds is 2. The van der Waals surface area contributed by atoms with Crippen LogP contribution in [-0.2, 0) is 0 Å². The number of imidazole rings is 1. The van der Waals surface area contributed by atoms with Gasteiger partial charge in [-0.2, -0.15) is 5.26 Å². The van der Waals surface area contributed by atoms with Gasteiger partial charge in [-0.25, -0.2) is 9.78 Å². The van der Waals surface area contributed by atoms with E-state index in [1.165, 1.54) is 4.90 Å². The van der Waals surface area contributed by atoms with Crippen LogP contribution >= 0.6 is 15.9 Å². The number of aromatic nitrogens is 2. The maximum Gasteiger partial charge on any atom is 0.407 e. The lowest BCUT2D eigenvalue weighted by atomic mass is 10.1. The van der Waals surface area contributed by atoms with E-state index in [2.05, 4.69) is 44.1 Å². The van der Waals surface area contributed by atoms with Crippen LogP contribution in [0.4, 0.5) is 4.79 Å². The fourth-order valence-corrected chi connectivity index (χ4v) is 3.82. The van der Waals surface area contributed by atoms with Crippen LogP contribution in [0.25, 0.3) is 22.0 Å². The summed E-state index contributed by atoms with van der Waals surface area (Å²) in [6, 6.07) is 14.0. The highest BCUT2D eigenvalue weighted by molar-refractivity contribution is 9.10. The van der Waals surface area contributed by atoms with Gasteiger partial charge in [-0.3, -0.25) is 4.90 Å². The number of halogens is 1. The Kier molecular flexibility index (Phi) is 4.13. The summed E-state index contributed by atoms with van der Waals surface area (Å²) in [5.74, 6) is 0.278. The first-order chi connectivity index (χ1) is 12.5. The van der Waals surface area contributed by atoms with E-state index >= 15 is 0 Å². The second kappa shape index (κ2) is 6.46. The van der Waals surface area contributed by atoms with E-state index in [1.54, 1.807) is 6.20 Å². The normalized spacial score (nSPS) is 19.6. The number of nitrogens with one attached hydrogen (secondary N) is 1. The van der Waals surface area contributed by atoms with Crippen molar-refractivity contribution in [2.24, 2.45) is 5.92 Å². The molecule has 1 aliphatic rings. The van der Waals surface area contributed by atoms with Crippen LogP contribution in [0.1, 0.15) is 18.3 Å². The summed E-state index contributed by atoms with van der Waals surface area (Å²) in [6.07, 6.45) is 1.15. The highest BCUT2D eigenvalue weighted by atomic mass is 79.9. The molecule has 6 nitrogen and oxygen atoms in total. The van der Waals surface area contributed by atoms with Crippen LogP contribution < -0.4 is 0 Å². The maximum absolute atomic E-state index is 11.5. The molecule has 7 heteroatoms. The summed E-state index contributed by atoms with van der Waals surface area (Å²) in [7, 11) is 0. The third-order valence-electron chi connectivity index (χ3n) is 4.75. The Morgan fingerprint density at radius 2 is 2.08 bits per heavy atom. The third kappa shape index (κ3) is 2.93. The van der Waals surface area contributed by atoms with Crippen molar-refractivity contribution >= 4 is 32.8 Å². The largest absolute Gasteiger partial charge is 0.465 e. The molecule has 1 saturated heterocycles. The SMILES string of the molecule is N#CC1CC(c2ncc(-c3ccc4cc(Br)ccc4c3)[nH]2)N(C(=O)O)C1. The van der Waals surface area contributed by atoms with Gasteiger partial charge in [0.25, 0.3) is 0 Å². The topological polar surface area (TPSA) is 93.0 Å². The number of hydrogen-bond donors (Lipinski definition) is 2. The van der Waals surface area contributed by atoms with E-state index in [-0.39, 0.29) is 12.5 Å². The van der Waals surface area contributed by atoms with Crippen LogP contribution in [0.3, 0.4) is 0 Å². The Labute approximate surface area is 158 Å². The van der Waals surface area contributed by atoms with Crippen LogP contribution in [0.5, 0.6) is 0 Å². The first-order valence-corrected chi connectivity index (χ1v) is 8.98. The number of H-pyrrole nitrogens is 1. The van der Waals surface area contributed by atoms with Gasteiger partial charge >= 0.3 is 6.09 Å². The number of aromatic amines is 1. The van der Waals surface area contributed by atoms with Crippen molar-refractivity contribution in [1.82, 2.24) is 14.9 Å². The molecule has 2 heterocycles. The monoisotopic (exact) mass is 410 g/mol. The third-order valence-corrected chi connectivity index (χ3v) is 5.25. The second-order valence-electron chi connectivity index (χ2n) is 6.40. The van der Waals surface area contributed by atoms with Crippen molar-refractivity contribution in [1.29, 1.82) is 5.26 Å². The number of benzene rings is 2. The Hall–Kier alpha value is -2.85. The second-order valence-corrected chi connectivity index (χ2v) is 7.32. The Bertz CT molecular complexity index is 1040. The lowest BCUT2D eigenvalue weighted by Gasteiger charge is -2.19. The smallest absolute Gasteiger partial charge is 0.407 e. The summed E-state index contributed by atoms with van der Waals surface area (Å²) < 4.78 is 1.03. The van der Waals surface area contributed by atoms with Crippen LogP contribution in [0.2, 0.25) is 0 Å². The molecule has 26 heavy (non-hydrogen) atoms. The van der Waals surface area contributed by atoms with E-state index < -0.39 is 12.1 Å². The molecule has 0 bridgehead atoms. The van der Waals surface area contributed by atoms with Crippen molar-refractivity contribution in [2.75, 3.05) is 6.54 Å². The number of nitriles is 1. The Morgan fingerprint density at radius 1 is 1.31 bits per heavy atom. The Balaban J connectivity index is 1.67. The van der Waals surface area contributed by atoms with Crippen molar-refractivity contribution in [3.63, 3.8) is 0 Å². The van der Waals surface area contributed by atoms with Crippen molar-refractivity contribution in [3.05, 3.63) is 52.9 Å². The van der Waals surface area contributed by atoms with E-state index in [9.17, 15) is 9.90 Å². The van der Waals surface area contributed by atoms with Crippen LogP contribution in [0.15, 0.2) is 47.1 Å². The molecule has 2 unspecified atom stereocenters. The average Bonchev–Trinajstić information content (AvgIpc) is 3.28. The first kappa shape index (κ1) is 16.6. The minimum Gasteiger partial charge on any atom is -0.465 e. The van der Waals surface area contributed by atoms with Gasteiger partial charge in [-0.1, -0.05) is 34.1 Å². The average molecular weight is 411 g/mol. The molecule has 2 atom stereocenters. The van der Waals surface area contributed by atoms with E-state index in [1.807, 2.05) is 24.3 Å². The molecule has 130 valence electrons. The molecule has 1 aliphatic heterocycles. The summed E-state index contributed by atoms with van der Waals surface area (Å²) in [5.41, 5.74) is 1.81. The molecule has 0 saturated carbocycles. The number of hydrogen-bond acceptors (Lipinski definition) is 3. The lowest BCUT2D eigenvalue weighted by molar-refractivity contribution is 0.138. The number of likely N-dealkylation sites (tertiary alicyclic amines) is 1. The van der Waals surface area contributed by atoms with Crippen molar-refractivity contribution in [2.45, 2.75) is 12.5 Å². The quantitative estimate of drug-likeness (QED) is 0.647. The molecular weight excluding hydrogens is 396 g/mol. The predicted molar refractivity (Wildman–Crippen MR) is 100 cm³/mol.